The molecule has 0 fully saturated rings. The molecule has 0 saturated carbocycles. The lowest BCUT2D eigenvalue weighted by molar-refractivity contribution is 0.602. The quantitative estimate of drug-likeness (QED) is 0.867. The van der Waals surface area contributed by atoms with Gasteiger partial charge in [0.1, 0.15) is 11.8 Å². The Morgan fingerprint density at radius 2 is 1.61 bits per heavy atom. The van der Waals surface area contributed by atoms with Crippen molar-refractivity contribution in [2.24, 2.45) is 0 Å². The van der Waals surface area contributed by atoms with E-state index in [2.05, 4.69) is 4.98 Å². The van der Waals surface area contributed by atoms with E-state index in [1.807, 2.05) is 24.3 Å². The first kappa shape index (κ1) is 15.4. The van der Waals surface area contributed by atoms with Crippen LogP contribution < -0.4 is 0 Å². The first-order chi connectivity index (χ1) is 11.0. The Bertz CT molecular complexity index is 903. The Labute approximate surface area is 136 Å². The van der Waals surface area contributed by atoms with Gasteiger partial charge in [0.05, 0.1) is 4.90 Å². The highest BCUT2D eigenvalue weighted by atomic mass is 32.2. The molecule has 0 amide bonds. The van der Waals surface area contributed by atoms with E-state index in [9.17, 15) is 8.42 Å². The molecule has 1 aliphatic carbocycles. The maximum atomic E-state index is 11.6. The zero-order valence-electron chi connectivity index (χ0n) is 12.8. The SMILES string of the molecule is CS(=O)(=O)c1ccc(C2=C(c3ccc(C#N)nc3)CCC2)cc1. The van der Waals surface area contributed by atoms with E-state index in [1.165, 1.54) is 17.4 Å². The number of benzene rings is 1. The minimum absolute atomic E-state index is 0.335. The summed E-state index contributed by atoms with van der Waals surface area (Å²) >= 11 is 0. The molecule has 3 rings (SSSR count). The summed E-state index contributed by atoms with van der Waals surface area (Å²) in [5, 5.41) is 8.84. The molecule has 23 heavy (non-hydrogen) atoms. The van der Waals surface area contributed by atoms with Crippen molar-refractivity contribution in [2.75, 3.05) is 6.26 Å². The third-order valence-electron chi connectivity index (χ3n) is 4.08. The molecule has 0 bridgehead atoms. The molecule has 1 aliphatic rings. The first-order valence-corrected chi connectivity index (χ1v) is 9.27. The maximum absolute atomic E-state index is 11.6. The fraction of sp³-hybridized carbons (Fsp3) is 0.222. The van der Waals surface area contributed by atoms with E-state index in [1.54, 1.807) is 24.4 Å². The van der Waals surface area contributed by atoms with Gasteiger partial charge in [0, 0.05) is 12.5 Å². The van der Waals surface area contributed by atoms with Gasteiger partial charge in [-0.05, 0) is 59.7 Å². The number of hydrogen-bond donors (Lipinski definition) is 0. The Morgan fingerprint density at radius 1 is 1.00 bits per heavy atom. The largest absolute Gasteiger partial charge is 0.245 e. The van der Waals surface area contributed by atoms with Crippen LogP contribution in [0.3, 0.4) is 0 Å². The molecule has 0 saturated heterocycles. The van der Waals surface area contributed by atoms with Crippen molar-refractivity contribution in [1.29, 1.82) is 5.26 Å². The normalized spacial score (nSPS) is 14.8. The lowest BCUT2D eigenvalue weighted by atomic mass is 9.98. The van der Waals surface area contributed by atoms with E-state index in [0.29, 0.717) is 10.6 Å². The van der Waals surface area contributed by atoms with Crippen LogP contribution in [0.1, 0.15) is 36.1 Å². The fourth-order valence-electron chi connectivity index (χ4n) is 2.92. The van der Waals surface area contributed by atoms with Crippen LogP contribution in [0.25, 0.3) is 11.1 Å². The average molecular weight is 324 g/mol. The van der Waals surface area contributed by atoms with E-state index >= 15 is 0 Å². The highest BCUT2D eigenvalue weighted by Crippen LogP contribution is 2.39. The van der Waals surface area contributed by atoms with E-state index in [0.717, 1.165) is 30.4 Å². The van der Waals surface area contributed by atoms with Crippen molar-refractivity contribution in [3.8, 4) is 6.07 Å². The minimum Gasteiger partial charge on any atom is -0.245 e. The van der Waals surface area contributed by atoms with Gasteiger partial charge in [-0.25, -0.2) is 13.4 Å². The van der Waals surface area contributed by atoms with Crippen LogP contribution in [-0.4, -0.2) is 19.7 Å². The molecule has 0 N–H and O–H groups in total. The number of rotatable bonds is 3. The van der Waals surface area contributed by atoms with E-state index < -0.39 is 9.84 Å². The second kappa shape index (κ2) is 5.98. The molecule has 0 unspecified atom stereocenters. The highest BCUT2D eigenvalue weighted by molar-refractivity contribution is 7.90. The number of sulfone groups is 1. The van der Waals surface area contributed by atoms with Crippen molar-refractivity contribution in [3.63, 3.8) is 0 Å². The molecular weight excluding hydrogens is 308 g/mol. The van der Waals surface area contributed by atoms with Gasteiger partial charge in [0.25, 0.3) is 0 Å². The predicted octanol–water partition coefficient (Wildman–Crippen LogP) is 3.45. The maximum Gasteiger partial charge on any atom is 0.175 e. The van der Waals surface area contributed by atoms with Gasteiger partial charge in [-0.2, -0.15) is 5.26 Å². The summed E-state index contributed by atoms with van der Waals surface area (Å²) in [5.74, 6) is 0. The number of allylic oxidation sites excluding steroid dienone is 2. The molecule has 5 heteroatoms. The van der Waals surface area contributed by atoms with Crippen molar-refractivity contribution < 1.29 is 8.42 Å². The third-order valence-corrected chi connectivity index (χ3v) is 5.20. The Morgan fingerprint density at radius 3 is 2.13 bits per heavy atom. The summed E-state index contributed by atoms with van der Waals surface area (Å²) in [5.41, 5.74) is 4.95. The monoisotopic (exact) mass is 324 g/mol. The average Bonchev–Trinajstić information content (AvgIpc) is 3.04. The number of nitrogens with zero attached hydrogens (tertiary/aromatic N) is 2. The van der Waals surface area contributed by atoms with E-state index in [-0.39, 0.29) is 0 Å². The zero-order valence-corrected chi connectivity index (χ0v) is 13.6. The topological polar surface area (TPSA) is 70.8 Å². The molecule has 0 radical (unpaired) electrons. The predicted molar refractivity (Wildman–Crippen MR) is 89.2 cm³/mol. The molecule has 1 aromatic carbocycles. The lowest BCUT2D eigenvalue weighted by Gasteiger charge is -2.09. The van der Waals surface area contributed by atoms with Crippen molar-refractivity contribution in [1.82, 2.24) is 4.98 Å². The van der Waals surface area contributed by atoms with Crippen LogP contribution in [0.5, 0.6) is 0 Å². The number of aromatic nitrogens is 1. The minimum atomic E-state index is -3.17. The van der Waals surface area contributed by atoms with Gasteiger partial charge in [0.2, 0.25) is 0 Å². The van der Waals surface area contributed by atoms with Crippen molar-refractivity contribution >= 4 is 21.0 Å². The van der Waals surface area contributed by atoms with Crippen LogP contribution in [0.4, 0.5) is 0 Å². The van der Waals surface area contributed by atoms with Crippen LogP contribution in [0.15, 0.2) is 47.5 Å². The molecule has 116 valence electrons. The number of nitriles is 1. The van der Waals surface area contributed by atoms with Gasteiger partial charge in [-0.1, -0.05) is 18.2 Å². The molecule has 0 spiro atoms. The van der Waals surface area contributed by atoms with E-state index in [4.69, 9.17) is 5.26 Å². The second-order valence-electron chi connectivity index (χ2n) is 5.65. The summed E-state index contributed by atoms with van der Waals surface area (Å²) in [6.45, 7) is 0. The second-order valence-corrected chi connectivity index (χ2v) is 7.67. The van der Waals surface area contributed by atoms with Gasteiger partial charge < -0.3 is 0 Å². The Hall–Kier alpha value is -2.45. The van der Waals surface area contributed by atoms with Gasteiger partial charge in [-0.3, -0.25) is 0 Å². The van der Waals surface area contributed by atoms with Crippen molar-refractivity contribution in [2.45, 2.75) is 24.2 Å². The molecule has 2 aromatic rings. The smallest absolute Gasteiger partial charge is 0.175 e. The van der Waals surface area contributed by atoms with Crippen LogP contribution in [0, 0.1) is 11.3 Å². The summed E-state index contributed by atoms with van der Waals surface area (Å²) in [4.78, 5) is 4.48. The van der Waals surface area contributed by atoms with Crippen molar-refractivity contribution in [3.05, 3.63) is 59.4 Å². The molecule has 1 aromatic heterocycles. The standard InChI is InChI=1S/C18H16N2O2S/c1-23(21,22)16-9-6-13(7-10-16)17-3-2-4-18(17)14-5-8-15(11-19)20-12-14/h5-10,12H,2-4H2,1H3. The fourth-order valence-corrected chi connectivity index (χ4v) is 3.55. The summed E-state index contributed by atoms with van der Waals surface area (Å²) in [7, 11) is -3.17. The highest BCUT2D eigenvalue weighted by Gasteiger charge is 2.18. The van der Waals surface area contributed by atoms with Gasteiger partial charge in [-0.15, -0.1) is 0 Å². The molecular formula is C18H16N2O2S. The van der Waals surface area contributed by atoms with Gasteiger partial charge >= 0.3 is 0 Å². The van der Waals surface area contributed by atoms with Gasteiger partial charge in [0.15, 0.2) is 9.84 Å². The molecule has 0 atom stereocenters. The van der Waals surface area contributed by atoms with Crippen LogP contribution in [0.2, 0.25) is 0 Å². The Kier molecular flexibility index (Phi) is 4.01. The summed E-state index contributed by atoms with van der Waals surface area (Å²) in [6.07, 6.45) is 5.96. The molecule has 1 heterocycles. The van der Waals surface area contributed by atoms with Crippen LogP contribution >= 0.6 is 0 Å². The summed E-state index contributed by atoms with van der Waals surface area (Å²) < 4.78 is 23.1. The molecule has 4 nitrogen and oxygen atoms in total. The Balaban J connectivity index is 2.00. The van der Waals surface area contributed by atoms with Crippen LogP contribution in [-0.2, 0) is 9.84 Å². The first-order valence-electron chi connectivity index (χ1n) is 7.38. The molecule has 0 aliphatic heterocycles. The third kappa shape index (κ3) is 3.17. The zero-order chi connectivity index (χ0) is 16.4. The lowest BCUT2D eigenvalue weighted by Crippen LogP contribution is -1.97. The number of pyridine rings is 1. The summed E-state index contributed by atoms with van der Waals surface area (Å²) in [6, 6.07) is 12.7. The number of hydrogen-bond acceptors (Lipinski definition) is 4.